The second kappa shape index (κ2) is 9.87. The van der Waals surface area contributed by atoms with E-state index in [0.717, 1.165) is 12.3 Å². The largest absolute Gasteiger partial charge is 0.417 e. The molecule has 0 N–H and O–H groups in total. The highest BCUT2D eigenvalue weighted by Crippen LogP contribution is 2.34. The van der Waals surface area contributed by atoms with Gasteiger partial charge in [0.15, 0.2) is 0 Å². The number of rotatable bonds is 5. The van der Waals surface area contributed by atoms with Gasteiger partial charge in [-0.15, -0.1) is 0 Å². The van der Waals surface area contributed by atoms with Gasteiger partial charge >= 0.3 is 6.18 Å². The number of methoxy groups -OCH3 is 1. The van der Waals surface area contributed by atoms with E-state index < -0.39 is 11.7 Å². The quantitative estimate of drug-likeness (QED) is 0.530. The maximum atomic E-state index is 13.0. The molecule has 11 heteroatoms. The molecule has 0 aliphatic carbocycles. The predicted octanol–water partition coefficient (Wildman–Crippen LogP) is 3.51. The lowest BCUT2D eigenvalue weighted by Crippen LogP contribution is -2.58. The van der Waals surface area contributed by atoms with Gasteiger partial charge in [0, 0.05) is 51.6 Å². The van der Waals surface area contributed by atoms with Crippen LogP contribution in [-0.2, 0) is 18.0 Å². The summed E-state index contributed by atoms with van der Waals surface area (Å²) in [4.78, 5) is 25.6. The van der Waals surface area contributed by atoms with Gasteiger partial charge in [-0.3, -0.25) is 14.7 Å². The SMILES string of the molecule is COCC(c1ccc(C(F)(F)F)cn1)N1C[C@H](C)N(c2cc(=O)n(C)c3ccc(C#N)nc23)C[C@H]1C. The number of hydrogen-bond donors (Lipinski definition) is 0. The molecule has 3 aromatic heterocycles. The molecule has 1 aliphatic rings. The summed E-state index contributed by atoms with van der Waals surface area (Å²) in [5, 5.41) is 9.35. The molecule has 4 rings (SSSR count). The Morgan fingerprint density at radius 1 is 1.19 bits per heavy atom. The highest BCUT2D eigenvalue weighted by molar-refractivity contribution is 5.89. The molecule has 0 saturated carbocycles. The van der Waals surface area contributed by atoms with E-state index >= 15 is 0 Å². The lowest BCUT2D eigenvalue weighted by atomic mass is 10.0. The van der Waals surface area contributed by atoms with Crippen molar-refractivity contribution in [1.82, 2.24) is 19.4 Å². The smallest absolute Gasteiger partial charge is 0.383 e. The topological polar surface area (TPSA) is 87.3 Å². The Hall–Kier alpha value is -3.49. The minimum absolute atomic E-state index is 0.0521. The lowest BCUT2D eigenvalue weighted by molar-refractivity contribution is -0.137. The van der Waals surface area contributed by atoms with Crippen LogP contribution in [0.1, 0.15) is 36.8 Å². The first-order valence-corrected chi connectivity index (χ1v) is 11.5. The van der Waals surface area contributed by atoms with Crippen LogP contribution >= 0.6 is 0 Å². The van der Waals surface area contributed by atoms with Crippen LogP contribution in [0.2, 0.25) is 0 Å². The highest BCUT2D eigenvalue weighted by atomic mass is 19.4. The summed E-state index contributed by atoms with van der Waals surface area (Å²) in [6.07, 6.45) is -3.60. The number of ether oxygens (including phenoxy) is 1. The summed E-state index contributed by atoms with van der Waals surface area (Å²) in [6, 6.07) is 8.88. The summed E-state index contributed by atoms with van der Waals surface area (Å²) in [6.45, 7) is 5.37. The molecular formula is C25H27F3N6O2. The van der Waals surface area contributed by atoms with Gasteiger partial charge in [0.2, 0.25) is 0 Å². The molecule has 1 fully saturated rings. The third-order valence-corrected chi connectivity index (χ3v) is 6.71. The van der Waals surface area contributed by atoms with Crippen molar-refractivity contribution < 1.29 is 17.9 Å². The number of aryl methyl sites for hydroxylation is 1. The number of aromatic nitrogens is 3. The van der Waals surface area contributed by atoms with Crippen molar-refractivity contribution in [2.75, 3.05) is 31.7 Å². The summed E-state index contributed by atoms with van der Waals surface area (Å²) < 4.78 is 46.0. The lowest BCUT2D eigenvalue weighted by Gasteiger charge is -2.48. The van der Waals surface area contributed by atoms with Crippen LogP contribution in [-0.4, -0.2) is 58.3 Å². The van der Waals surface area contributed by atoms with Crippen molar-refractivity contribution in [1.29, 1.82) is 5.26 Å². The maximum absolute atomic E-state index is 13.0. The highest BCUT2D eigenvalue weighted by Gasteiger charge is 2.36. The zero-order chi connectivity index (χ0) is 26.2. The van der Waals surface area contributed by atoms with E-state index in [2.05, 4.69) is 25.8 Å². The average molecular weight is 501 g/mol. The first-order chi connectivity index (χ1) is 17.0. The molecule has 1 aliphatic heterocycles. The molecule has 0 spiro atoms. The fourth-order valence-corrected chi connectivity index (χ4v) is 4.80. The van der Waals surface area contributed by atoms with Gasteiger partial charge in [-0.25, -0.2) is 4.98 Å². The van der Waals surface area contributed by atoms with Crippen molar-refractivity contribution in [3.8, 4) is 6.07 Å². The summed E-state index contributed by atoms with van der Waals surface area (Å²) in [5.41, 5.74) is 1.63. The summed E-state index contributed by atoms with van der Waals surface area (Å²) in [7, 11) is 3.21. The Kier molecular flexibility index (Phi) is 7.02. The molecule has 0 bridgehead atoms. The van der Waals surface area contributed by atoms with Crippen LogP contribution in [0.3, 0.4) is 0 Å². The van der Waals surface area contributed by atoms with Gasteiger partial charge in [0.25, 0.3) is 5.56 Å². The molecule has 190 valence electrons. The summed E-state index contributed by atoms with van der Waals surface area (Å²) in [5.74, 6) is 0. The molecule has 1 unspecified atom stereocenters. The van der Waals surface area contributed by atoms with Crippen LogP contribution in [0.15, 0.2) is 41.3 Å². The van der Waals surface area contributed by atoms with Gasteiger partial charge in [0.1, 0.15) is 17.3 Å². The second-order valence-electron chi connectivity index (χ2n) is 9.09. The fourth-order valence-electron chi connectivity index (χ4n) is 4.80. The summed E-state index contributed by atoms with van der Waals surface area (Å²) >= 11 is 0. The normalized spacial score (nSPS) is 19.9. The monoisotopic (exact) mass is 500 g/mol. The Balaban J connectivity index is 1.67. The van der Waals surface area contributed by atoms with E-state index in [4.69, 9.17) is 4.74 Å². The average Bonchev–Trinajstić information content (AvgIpc) is 2.85. The van der Waals surface area contributed by atoms with Crippen LogP contribution < -0.4 is 10.5 Å². The number of hydrogen-bond acceptors (Lipinski definition) is 7. The van der Waals surface area contributed by atoms with Crippen LogP contribution in [0.25, 0.3) is 11.0 Å². The van der Waals surface area contributed by atoms with E-state index in [0.29, 0.717) is 35.5 Å². The van der Waals surface area contributed by atoms with Gasteiger partial charge in [-0.1, -0.05) is 0 Å². The third-order valence-electron chi connectivity index (χ3n) is 6.71. The van der Waals surface area contributed by atoms with Crippen molar-refractivity contribution in [3.05, 3.63) is 63.8 Å². The number of anilines is 1. The van der Waals surface area contributed by atoms with Crippen LogP contribution in [0.5, 0.6) is 0 Å². The zero-order valence-corrected chi connectivity index (χ0v) is 20.5. The first kappa shape index (κ1) is 25.6. The van der Waals surface area contributed by atoms with E-state index in [1.807, 2.05) is 13.8 Å². The molecule has 4 heterocycles. The van der Waals surface area contributed by atoms with Gasteiger partial charge < -0.3 is 14.2 Å². The fraction of sp³-hybridized carbons (Fsp3) is 0.440. The predicted molar refractivity (Wildman–Crippen MR) is 129 cm³/mol. The molecule has 36 heavy (non-hydrogen) atoms. The molecule has 0 radical (unpaired) electrons. The second-order valence-corrected chi connectivity index (χ2v) is 9.09. The Morgan fingerprint density at radius 3 is 2.56 bits per heavy atom. The van der Waals surface area contributed by atoms with Gasteiger partial charge in [-0.05, 0) is 38.1 Å². The molecule has 0 aromatic carbocycles. The number of fused-ring (bicyclic) bond motifs is 1. The van der Waals surface area contributed by atoms with Gasteiger partial charge in [-0.2, -0.15) is 18.4 Å². The van der Waals surface area contributed by atoms with Crippen molar-refractivity contribution in [3.63, 3.8) is 0 Å². The van der Waals surface area contributed by atoms with Crippen molar-refractivity contribution >= 4 is 16.7 Å². The van der Waals surface area contributed by atoms with Crippen LogP contribution in [0, 0.1) is 11.3 Å². The van der Waals surface area contributed by atoms with Gasteiger partial charge in [0.05, 0.1) is 35.1 Å². The van der Waals surface area contributed by atoms with E-state index in [-0.39, 0.29) is 36.0 Å². The molecule has 1 saturated heterocycles. The number of halogens is 3. The Labute approximate surface area is 206 Å². The number of pyridine rings is 3. The Bertz CT molecular complexity index is 1350. The van der Waals surface area contributed by atoms with E-state index in [1.165, 1.54) is 10.6 Å². The molecule has 3 atom stereocenters. The zero-order valence-electron chi connectivity index (χ0n) is 20.5. The third kappa shape index (κ3) is 4.79. The number of alkyl halides is 3. The first-order valence-electron chi connectivity index (χ1n) is 11.5. The molecule has 0 amide bonds. The molecule has 8 nitrogen and oxygen atoms in total. The number of nitriles is 1. The Morgan fingerprint density at radius 2 is 1.94 bits per heavy atom. The van der Waals surface area contributed by atoms with E-state index in [1.54, 1.807) is 32.4 Å². The van der Waals surface area contributed by atoms with Crippen LogP contribution in [0.4, 0.5) is 18.9 Å². The minimum atomic E-state index is -4.45. The van der Waals surface area contributed by atoms with Crippen molar-refractivity contribution in [2.45, 2.75) is 38.1 Å². The van der Waals surface area contributed by atoms with E-state index in [9.17, 15) is 23.2 Å². The van der Waals surface area contributed by atoms with Crippen molar-refractivity contribution in [2.24, 2.45) is 7.05 Å². The minimum Gasteiger partial charge on any atom is -0.383 e. The standard InChI is InChI=1S/C25H27F3N6O2/c1-15-13-34(22(14-36-4)19-7-5-17(11-30-19)25(26,27)28)16(2)12-33(15)21-9-23(35)32(3)20-8-6-18(10-29)31-24(20)21/h5-9,11,15-16,22H,12-14H2,1-4H3/t15-,16+,22?/m0/s1. The number of piperazine rings is 1. The number of nitrogens with zero attached hydrogens (tertiary/aromatic N) is 6. The molecule has 3 aromatic rings. The maximum Gasteiger partial charge on any atom is 0.417 e. The molecular weight excluding hydrogens is 473 g/mol.